The molecule has 1 saturated heterocycles. The largest absolute Gasteiger partial charge is 0.338 e. The van der Waals surface area contributed by atoms with Crippen LogP contribution in [0.2, 0.25) is 0 Å². The first-order valence-electron chi connectivity index (χ1n) is 10.9. The number of nitrogens with one attached hydrogen (secondary N) is 1. The second kappa shape index (κ2) is 8.67. The monoisotopic (exact) mass is 424 g/mol. The van der Waals surface area contributed by atoms with Crippen molar-refractivity contribution < 1.29 is 9.59 Å². The number of amides is 2. The number of para-hydroxylation sites is 1. The van der Waals surface area contributed by atoms with E-state index in [0.717, 1.165) is 29.3 Å². The van der Waals surface area contributed by atoms with Crippen LogP contribution in [0.15, 0.2) is 85.1 Å². The molecule has 4 aromatic rings. The SMILES string of the molecule is O=C(Nc1ccn(-c2ccccc2)n1)C1CCCN(C(=O)c2cccc3ccccc23)C1. The molecule has 1 aromatic heterocycles. The van der Waals surface area contributed by atoms with E-state index in [1.54, 1.807) is 15.6 Å². The third kappa shape index (κ3) is 3.99. The van der Waals surface area contributed by atoms with Gasteiger partial charge in [-0.05, 0) is 41.8 Å². The number of fused-ring (bicyclic) bond motifs is 1. The topological polar surface area (TPSA) is 67.2 Å². The number of anilines is 1. The van der Waals surface area contributed by atoms with E-state index in [9.17, 15) is 9.59 Å². The Bertz CT molecular complexity index is 1260. The number of aromatic nitrogens is 2. The van der Waals surface area contributed by atoms with E-state index in [1.165, 1.54) is 0 Å². The van der Waals surface area contributed by atoms with Gasteiger partial charge in [-0.2, -0.15) is 5.10 Å². The summed E-state index contributed by atoms with van der Waals surface area (Å²) in [5, 5.41) is 9.36. The van der Waals surface area contributed by atoms with Gasteiger partial charge in [-0.3, -0.25) is 9.59 Å². The van der Waals surface area contributed by atoms with Gasteiger partial charge in [-0.1, -0.05) is 54.6 Å². The van der Waals surface area contributed by atoms with Gasteiger partial charge in [-0.15, -0.1) is 0 Å². The molecule has 1 fully saturated rings. The van der Waals surface area contributed by atoms with Gasteiger partial charge in [0.25, 0.3) is 5.91 Å². The van der Waals surface area contributed by atoms with Crippen LogP contribution in [-0.4, -0.2) is 39.6 Å². The summed E-state index contributed by atoms with van der Waals surface area (Å²) in [4.78, 5) is 28.0. The zero-order valence-corrected chi connectivity index (χ0v) is 17.6. The summed E-state index contributed by atoms with van der Waals surface area (Å²) in [5.41, 5.74) is 1.61. The minimum absolute atomic E-state index is 0.0207. The molecule has 1 aliphatic heterocycles. The number of carbonyl (C=O) groups excluding carboxylic acids is 2. The Morgan fingerprint density at radius 3 is 2.56 bits per heavy atom. The normalized spacial score (nSPS) is 16.1. The summed E-state index contributed by atoms with van der Waals surface area (Å²) in [7, 11) is 0. The van der Waals surface area contributed by atoms with Gasteiger partial charge < -0.3 is 10.2 Å². The third-order valence-corrected chi connectivity index (χ3v) is 5.96. The summed E-state index contributed by atoms with van der Waals surface area (Å²) in [6.07, 6.45) is 3.37. The van der Waals surface area contributed by atoms with Crippen LogP contribution in [0, 0.1) is 5.92 Å². The maximum Gasteiger partial charge on any atom is 0.254 e. The fourth-order valence-electron chi connectivity index (χ4n) is 4.30. The van der Waals surface area contributed by atoms with Gasteiger partial charge in [0.05, 0.1) is 11.6 Å². The number of carbonyl (C=O) groups is 2. The molecular weight excluding hydrogens is 400 g/mol. The summed E-state index contributed by atoms with van der Waals surface area (Å²) < 4.78 is 1.73. The first-order valence-corrected chi connectivity index (χ1v) is 10.9. The molecule has 0 spiro atoms. The highest BCUT2D eigenvalue weighted by Crippen LogP contribution is 2.24. The van der Waals surface area contributed by atoms with Crippen LogP contribution in [-0.2, 0) is 4.79 Å². The Labute approximate surface area is 186 Å². The Kier molecular flexibility index (Phi) is 5.42. The lowest BCUT2D eigenvalue weighted by Crippen LogP contribution is -2.43. The molecule has 3 aromatic carbocycles. The van der Waals surface area contributed by atoms with Crippen molar-refractivity contribution in [2.45, 2.75) is 12.8 Å². The van der Waals surface area contributed by atoms with Crippen molar-refractivity contribution in [2.75, 3.05) is 18.4 Å². The molecule has 32 heavy (non-hydrogen) atoms. The molecule has 1 unspecified atom stereocenters. The smallest absolute Gasteiger partial charge is 0.254 e. The summed E-state index contributed by atoms with van der Waals surface area (Å²) >= 11 is 0. The van der Waals surface area contributed by atoms with Gasteiger partial charge in [0.1, 0.15) is 0 Å². The standard InChI is InChI=1S/C26H24N4O2/c31-25(27-24-15-17-30(28-24)21-11-2-1-3-12-21)20-10-7-16-29(18-20)26(32)23-14-6-9-19-8-4-5-13-22(19)23/h1-6,8-9,11-15,17,20H,7,10,16,18H2,(H,27,28,31). The quantitative estimate of drug-likeness (QED) is 0.524. The van der Waals surface area contributed by atoms with Crippen molar-refractivity contribution in [2.24, 2.45) is 5.92 Å². The Balaban J connectivity index is 1.28. The molecule has 160 valence electrons. The highest BCUT2D eigenvalue weighted by molar-refractivity contribution is 6.07. The average molecular weight is 425 g/mol. The van der Waals surface area contributed by atoms with Gasteiger partial charge in [0.2, 0.25) is 5.91 Å². The number of hydrogen-bond donors (Lipinski definition) is 1. The first-order chi connectivity index (χ1) is 15.7. The number of likely N-dealkylation sites (tertiary alicyclic amines) is 1. The molecule has 0 radical (unpaired) electrons. The number of benzene rings is 3. The third-order valence-electron chi connectivity index (χ3n) is 5.96. The van der Waals surface area contributed by atoms with E-state index in [2.05, 4.69) is 10.4 Å². The van der Waals surface area contributed by atoms with Crippen molar-refractivity contribution in [3.63, 3.8) is 0 Å². The molecule has 6 nitrogen and oxygen atoms in total. The van der Waals surface area contributed by atoms with Crippen LogP contribution in [0.25, 0.3) is 16.5 Å². The van der Waals surface area contributed by atoms with E-state index < -0.39 is 0 Å². The lowest BCUT2D eigenvalue weighted by Gasteiger charge is -2.32. The Morgan fingerprint density at radius 1 is 0.906 bits per heavy atom. The first kappa shape index (κ1) is 20.0. The fourth-order valence-corrected chi connectivity index (χ4v) is 4.30. The summed E-state index contributed by atoms with van der Waals surface area (Å²) in [6, 6.07) is 25.2. The molecule has 6 heteroatoms. The minimum atomic E-state index is -0.260. The predicted octanol–water partition coefficient (Wildman–Crippen LogP) is 4.52. The van der Waals surface area contributed by atoms with Crippen molar-refractivity contribution in [1.29, 1.82) is 0 Å². The second-order valence-corrected chi connectivity index (χ2v) is 8.09. The maximum absolute atomic E-state index is 13.3. The van der Waals surface area contributed by atoms with E-state index in [4.69, 9.17) is 0 Å². The van der Waals surface area contributed by atoms with Gasteiger partial charge in [0, 0.05) is 30.9 Å². The molecule has 1 aliphatic rings. The van der Waals surface area contributed by atoms with Crippen LogP contribution in [0.5, 0.6) is 0 Å². The zero-order valence-electron chi connectivity index (χ0n) is 17.6. The van der Waals surface area contributed by atoms with Gasteiger partial charge in [0.15, 0.2) is 5.82 Å². The van der Waals surface area contributed by atoms with Crippen molar-refractivity contribution in [3.05, 3.63) is 90.6 Å². The van der Waals surface area contributed by atoms with Crippen LogP contribution < -0.4 is 5.32 Å². The molecule has 5 rings (SSSR count). The molecule has 0 bridgehead atoms. The second-order valence-electron chi connectivity index (χ2n) is 8.09. The lowest BCUT2D eigenvalue weighted by atomic mass is 9.95. The molecular formula is C26H24N4O2. The maximum atomic E-state index is 13.3. The number of rotatable bonds is 4. The molecule has 0 aliphatic carbocycles. The van der Waals surface area contributed by atoms with Gasteiger partial charge in [-0.25, -0.2) is 4.68 Å². The van der Waals surface area contributed by atoms with E-state index in [0.29, 0.717) is 24.5 Å². The average Bonchev–Trinajstić information content (AvgIpc) is 3.32. The summed E-state index contributed by atoms with van der Waals surface area (Å²) in [5.74, 6) is 0.132. The van der Waals surface area contributed by atoms with E-state index in [-0.39, 0.29) is 17.7 Å². The minimum Gasteiger partial charge on any atom is -0.338 e. The summed E-state index contributed by atoms with van der Waals surface area (Å²) in [6.45, 7) is 1.07. The van der Waals surface area contributed by atoms with Crippen LogP contribution >= 0.6 is 0 Å². The van der Waals surface area contributed by atoms with Crippen molar-refractivity contribution in [3.8, 4) is 5.69 Å². The predicted molar refractivity (Wildman–Crippen MR) is 125 cm³/mol. The molecule has 2 amide bonds. The zero-order chi connectivity index (χ0) is 21.9. The number of hydrogen-bond acceptors (Lipinski definition) is 3. The van der Waals surface area contributed by atoms with Crippen LogP contribution in [0.1, 0.15) is 23.2 Å². The fraction of sp³-hybridized carbons (Fsp3) is 0.192. The van der Waals surface area contributed by atoms with Crippen molar-refractivity contribution >= 4 is 28.4 Å². The Hall–Kier alpha value is -3.93. The molecule has 1 atom stereocenters. The van der Waals surface area contributed by atoms with E-state index in [1.807, 2.05) is 79.0 Å². The molecule has 0 saturated carbocycles. The molecule has 2 heterocycles. The van der Waals surface area contributed by atoms with Crippen LogP contribution in [0.3, 0.4) is 0 Å². The lowest BCUT2D eigenvalue weighted by molar-refractivity contribution is -0.121. The molecule has 1 N–H and O–H groups in total. The van der Waals surface area contributed by atoms with Gasteiger partial charge >= 0.3 is 0 Å². The Morgan fingerprint density at radius 2 is 1.69 bits per heavy atom. The van der Waals surface area contributed by atoms with E-state index >= 15 is 0 Å². The number of nitrogens with zero attached hydrogens (tertiary/aromatic N) is 3. The highest BCUT2D eigenvalue weighted by atomic mass is 16.2. The van der Waals surface area contributed by atoms with Crippen LogP contribution in [0.4, 0.5) is 5.82 Å². The highest BCUT2D eigenvalue weighted by Gasteiger charge is 2.29. The van der Waals surface area contributed by atoms with Crippen molar-refractivity contribution in [1.82, 2.24) is 14.7 Å². The number of piperidine rings is 1.